The van der Waals surface area contributed by atoms with Crippen molar-refractivity contribution in [3.8, 4) is 0 Å². The fourth-order valence-electron chi connectivity index (χ4n) is 1.78. The van der Waals surface area contributed by atoms with Crippen LogP contribution < -0.4 is 5.32 Å². The highest BCUT2D eigenvalue weighted by molar-refractivity contribution is 7.08. The van der Waals surface area contributed by atoms with Crippen LogP contribution in [0.3, 0.4) is 0 Å². The molecule has 1 aromatic carbocycles. The SMILES string of the molecule is O=C(CCCNC(=O)c1ccsc1)OCc1ccccc1Cl. The lowest BCUT2D eigenvalue weighted by Crippen LogP contribution is -2.24. The molecule has 0 spiro atoms. The number of carbonyl (C=O) groups is 2. The first-order valence-electron chi connectivity index (χ1n) is 6.86. The molecule has 2 rings (SSSR count). The zero-order chi connectivity index (χ0) is 15.8. The van der Waals surface area contributed by atoms with Crippen LogP contribution in [0.2, 0.25) is 5.02 Å². The lowest BCUT2D eigenvalue weighted by molar-refractivity contribution is -0.145. The van der Waals surface area contributed by atoms with E-state index in [1.165, 1.54) is 11.3 Å². The Balaban J connectivity index is 1.62. The van der Waals surface area contributed by atoms with Gasteiger partial charge in [0.1, 0.15) is 6.61 Å². The van der Waals surface area contributed by atoms with E-state index in [1.807, 2.05) is 23.6 Å². The van der Waals surface area contributed by atoms with Crippen LogP contribution in [-0.4, -0.2) is 18.4 Å². The minimum Gasteiger partial charge on any atom is -0.461 e. The Kier molecular flexibility index (Phi) is 6.43. The average molecular weight is 338 g/mol. The van der Waals surface area contributed by atoms with Crippen molar-refractivity contribution >= 4 is 34.8 Å². The second kappa shape index (κ2) is 8.56. The standard InChI is InChI=1S/C16H16ClNO3S/c17-14-5-2-1-4-12(14)10-21-15(19)6-3-8-18-16(20)13-7-9-22-11-13/h1-2,4-5,7,9,11H,3,6,8,10H2,(H,18,20). The summed E-state index contributed by atoms with van der Waals surface area (Å²) < 4.78 is 5.15. The molecule has 6 heteroatoms. The number of hydrogen-bond donors (Lipinski definition) is 1. The van der Waals surface area contributed by atoms with E-state index >= 15 is 0 Å². The van der Waals surface area contributed by atoms with Gasteiger partial charge in [-0.15, -0.1) is 0 Å². The van der Waals surface area contributed by atoms with Gasteiger partial charge in [-0.3, -0.25) is 9.59 Å². The molecule has 1 aromatic heterocycles. The number of esters is 1. The Bertz CT molecular complexity index is 628. The van der Waals surface area contributed by atoms with Crippen LogP contribution in [0.25, 0.3) is 0 Å². The van der Waals surface area contributed by atoms with E-state index in [0.29, 0.717) is 23.6 Å². The average Bonchev–Trinajstić information content (AvgIpc) is 3.05. The van der Waals surface area contributed by atoms with Crippen molar-refractivity contribution in [2.24, 2.45) is 0 Å². The molecular formula is C16H16ClNO3S. The first-order chi connectivity index (χ1) is 10.7. The number of ether oxygens (including phenoxy) is 1. The van der Waals surface area contributed by atoms with Crippen molar-refractivity contribution in [1.29, 1.82) is 0 Å². The van der Waals surface area contributed by atoms with E-state index in [-0.39, 0.29) is 24.9 Å². The monoisotopic (exact) mass is 337 g/mol. The highest BCUT2D eigenvalue weighted by Crippen LogP contribution is 2.16. The molecule has 0 aliphatic rings. The lowest BCUT2D eigenvalue weighted by atomic mass is 10.2. The Morgan fingerprint density at radius 3 is 2.77 bits per heavy atom. The van der Waals surface area contributed by atoms with E-state index in [1.54, 1.807) is 17.5 Å². The van der Waals surface area contributed by atoms with Gasteiger partial charge in [0.05, 0.1) is 0 Å². The number of carbonyl (C=O) groups excluding carboxylic acids is 2. The summed E-state index contributed by atoms with van der Waals surface area (Å²) in [6, 6.07) is 9.00. The van der Waals surface area contributed by atoms with Gasteiger partial charge >= 0.3 is 5.97 Å². The first-order valence-corrected chi connectivity index (χ1v) is 8.18. The summed E-state index contributed by atoms with van der Waals surface area (Å²) >= 11 is 7.45. The Hall–Kier alpha value is -1.85. The van der Waals surface area contributed by atoms with Crippen LogP contribution in [0.4, 0.5) is 0 Å². The van der Waals surface area contributed by atoms with Crippen LogP contribution in [0.15, 0.2) is 41.1 Å². The molecule has 1 heterocycles. The molecule has 0 saturated heterocycles. The summed E-state index contributed by atoms with van der Waals surface area (Å²) in [6.45, 7) is 0.607. The Morgan fingerprint density at radius 2 is 2.05 bits per heavy atom. The van der Waals surface area contributed by atoms with Gasteiger partial charge in [-0.05, 0) is 23.9 Å². The van der Waals surface area contributed by atoms with Crippen molar-refractivity contribution in [2.45, 2.75) is 19.4 Å². The van der Waals surface area contributed by atoms with Crippen LogP contribution in [0, 0.1) is 0 Å². The predicted octanol–water partition coefficient (Wildman–Crippen LogP) is 3.65. The summed E-state index contributed by atoms with van der Waals surface area (Å²) in [5.41, 5.74) is 1.43. The fraction of sp³-hybridized carbons (Fsp3) is 0.250. The van der Waals surface area contributed by atoms with Crippen molar-refractivity contribution in [3.63, 3.8) is 0 Å². The van der Waals surface area contributed by atoms with Crippen LogP contribution in [0.1, 0.15) is 28.8 Å². The minimum atomic E-state index is -0.301. The van der Waals surface area contributed by atoms with Crippen molar-refractivity contribution < 1.29 is 14.3 Å². The summed E-state index contributed by atoms with van der Waals surface area (Å²) in [4.78, 5) is 23.3. The highest BCUT2D eigenvalue weighted by Gasteiger charge is 2.07. The molecule has 0 saturated carbocycles. The molecule has 0 aliphatic heterocycles. The van der Waals surface area contributed by atoms with Gasteiger partial charge in [-0.25, -0.2) is 0 Å². The third kappa shape index (κ3) is 5.16. The number of benzene rings is 1. The molecule has 116 valence electrons. The van der Waals surface area contributed by atoms with Crippen molar-refractivity contribution in [2.75, 3.05) is 6.54 Å². The molecule has 0 radical (unpaired) electrons. The van der Waals surface area contributed by atoms with Crippen LogP contribution >= 0.6 is 22.9 Å². The normalized spacial score (nSPS) is 10.2. The van der Waals surface area contributed by atoms with E-state index in [2.05, 4.69) is 5.32 Å². The maximum Gasteiger partial charge on any atom is 0.306 e. The second-order valence-electron chi connectivity index (χ2n) is 4.62. The summed E-state index contributed by atoms with van der Waals surface area (Å²) in [5.74, 6) is -0.421. The van der Waals surface area contributed by atoms with Gasteiger partial charge in [0.25, 0.3) is 5.91 Å². The molecule has 0 unspecified atom stereocenters. The number of hydrogen-bond acceptors (Lipinski definition) is 4. The van der Waals surface area contributed by atoms with Gasteiger partial charge in [0.2, 0.25) is 0 Å². The Morgan fingerprint density at radius 1 is 1.23 bits per heavy atom. The van der Waals surface area contributed by atoms with Crippen LogP contribution in [0.5, 0.6) is 0 Å². The summed E-state index contributed by atoms with van der Waals surface area (Å²) in [5, 5.41) is 6.98. The zero-order valence-corrected chi connectivity index (χ0v) is 13.5. The minimum absolute atomic E-state index is 0.120. The van der Waals surface area contributed by atoms with Gasteiger partial charge in [0.15, 0.2) is 0 Å². The molecule has 0 fully saturated rings. The molecule has 0 bridgehead atoms. The van der Waals surface area contributed by atoms with E-state index < -0.39 is 0 Å². The van der Waals surface area contributed by atoms with Crippen LogP contribution in [-0.2, 0) is 16.1 Å². The molecule has 0 atom stereocenters. The van der Waals surface area contributed by atoms with Gasteiger partial charge in [-0.2, -0.15) is 11.3 Å². The lowest BCUT2D eigenvalue weighted by Gasteiger charge is -2.07. The zero-order valence-electron chi connectivity index (χ0n) is 11.9. The number of rotatable bonds is 7. The smallest absolute Gasteiger partial charge is 0.306 e. The van der Waals surface area contributed by atoms with E-state index in [4.69, 9.17) is 16.3 Å². The highest BCUT2D eigenvalue weighted by atomic mass is 35.5. The van der Waals surface area contributed by atoms with E-state index in [9.17, 15) is 9.59 Å². The third-order valence-corrected chi connectivity index (χ3v) is 4.03. The largest absolute Gasteiger partial charge is 0.461 e. The number of halogens is 1. The number of thiophene rings is 1. The third-order valence-electron chi connectivity index (χ3n) is 2.97. The molecule has 1 amide bonds. The molecule has 0 aliphatic carbocycles. The quantitative estimate of drug-likeness (QED) is 0.619. The summed E-state index contributed by atoms with van der Waals surface area (Å²) in [7, 11) is 0. The van der Waals surface area contributed by atoms with Gasteiger partial charge in [-0.1, -0.05) is 29.8 Å². The summed E-state index contributed by atoms with van der Waals surface area (Å²) in [6.07, 6.45) is 0.797. The molecule has 1 N–H and O–H groups in total. The molecular weight excluding hydrogens is 322 g/mol. The van der Waals surface area contributed by atoms with Crippen molar-refractivity contribution in [1.82, 2.24) is 5.32 Å². The predicted molar refractivity (Wildman–Crippen MR) is 87.1 cm³/mol. The Labute approximate surface area is 138 Å². The molecule has 2 aromatic rings. The maximum atomic E-state index is 11.7. The fourth-order valence-corrected chi connectivity index (χ4v) is 2.60. The first kappa shape index (κ1) is 16.5. The van der Waals surface area contributed by atoms with Gasteiger partial charge < -0.3 is 10.1 Å². The van der Waals surface area contributed by atoms with E-state index in [0.717, 1.165) is 5.56 Å². The number of nitrogens with one attached hydrogen (secondary N) is 1. The molecule has 22 heavy (non-hydrogen) atoms. The number of amides is 1. The topological polar surface area (TPSA) is 55.4 Å². The second-order valence-corrected chi connectivity index (χ2v) is 5.81. The van der Waals surface area contributed by atoms with Crippen molar-refractivity contribution in [3.05, 3.63) is 57.2 Å². The maximum absolute atomic E-state index is 11.7. The molecule has 4 nitrogen and oxygen atoms in total. The van der Waals surface area contributed by atoms with Gasteiger partial charge in [0, 0.05) is 34.5 Å².